The van der Waals surface area contributed by atoms with E-state index in [2.05, 4.69) is 24.3 Å². The van der Waals surface area contributed by atoms with E-state index in [9.17, 15) is 5.26 Å². The molecule has 0 heterocycles. The highest BCUT2D eigenvalue weighted by atomic mass is 14.4. The second-order valence-electron chi connectivity index (χ2n) is 4.03. The molecule has 15 heavy (non-hydrogen) atoms. The molecule has 0 fully saturated rings. The third-order valence-electron chi connectivity index (χ3n) is 2.90. The van der Waals surface area contributed by atoms with Crippen molar-refractivity contribution in [2.24, 2.45) is 5.41 Å². The summed E-state index contributed by atoms with van der Waals surface area (Å²) in [5, 5.41) is 9.25. The van der Waals surface area contributed by atoms with E-state index in [4.69, 9.17) is 0 Å². The fourth-order valence-electron chi connectivity index (χ4n) is 1.96. The summed E-state index contributed by atoms with van der Waals surface area (Å²) in [6, 6.07) is 12.6. The highest BCUT2D eigenvalue weighted by Gasteiger charge is 2.32. The second-order valence-corrected chi connectivity index (χ2v) is 4.03. The smallest absolute Gasteiger partial charge is 0.0831 e. The molecule has 0 radical (unpaired) electrons. The third kappa shape index (κ3) is 1.71. The molecule has 0 saturated carbocycles. The molecule has 1 aromatic carbocycles. The summed E-state index contributed by atoms with van der Waals surface area (Å²) in [6.45, 7) is 1.98. The largest absolute Gasteiger partial charge is 0.197 e. The molecule has 1 heteroatoms. The van der Waals surface area contributed by atoms with Gasteiger partial charge in [-0.15, -0.1) is 0 Å². The van der Waals surface area contributed by atoms with Gasteiger partial charge in [0.05, 0.1) is 11.5 Å². The zero-order chi connectivity index (χ0) is 10.7. The minimum atomic E-state index is -0.421. The Morgan fingerprint density at radius 2 is 1.93 bits per heavy atom. The molecule has 0 N–H and O–H groups in total. The van der Waals surface area contributed by atoms with Crippen LogP contribution in [0.4, 0.5) is 0 Å². The van der Waals surface area contributed by atoms with Crippen molar-refractivity contribution in [2.75, 3.05) is 0 Å². The highest BCUT2D eigenvalue weighted by molar-refractivity contribution is 5.37. The van der Waals surface area contributed by atoms with Crippen molar-refractivity contribution in [3.05, 3.63) is 60.2 Å². The van der Waals surface area contributed by atoms with Gasteiger partial charge in [-0.3, -0.25) is 0 Å². The molecule has 0 aliphatic heterocycles. The maximum absolute atomic E-state index is 9.25. The van der Waals surface area contributed by atoms with Gasteiger partial charge in [-0.1, -0.05) is 54.6 Å². The van der Waals surface area contributed by atoms with E-state index in [1.54, 1.807) is 0 Å². The van der Waals surface area contributed by atoms with Crippen molar-refractivity contribution in [1.29, 1.82) is 5.26 Å². The van der Waals surface area contributed by atoms with Gasteiger partial charge in [0.15, 0.2) is 0 Å². The van der Waals surface area contributed by atoms with Crippen LogP contribution in [0.1, 0.15) is 18.4 Å². The molecule has 0 amide bonds. The molecule has 1 aliphatic rings. The molecular formula is C14H13N. The van der Waals surface area contributed by atoms with E-state index in [1.165, 1.54) is 5.56 Å². The lowest BCUT2D eigenvalue weighted by atomic mass is 9.72. The first-order valence-electron chi connectivity index (χ1n) is 5.08. The molecule has 0 aromatic heterocycles. The first-order valence-corrected chi connectivity index (χ1v) is 5.08. The zero-order valence-corrected chi connectivity index (χ0v) is 8.72. The van der Waals surface area contributed by atoms with Crippen LogP contribution in [0.3, 0.4) is 0 Å². The molecule has 1 nitrogen and oxygen atoms in total. The van der Waals surface area contributed by atoms with Crippen molar-refractivity contribution in [3.63, 3.8) is 0 Å². The van der Waals surface area contributed by atoms with Crippen molar-refractivity contribution in [2.45, 2.75) is 12.8 Å². The number of hydrogen-bond donors (Lipinski definition) is 0. The topological polar surface area (TPSA) is 23.8 Å². The summed E-state index contributed by atoms with van der Waals surface area (Å²) >= 11 is 0. The summed E-state index contributed by atoms with van der Waals surface area (Å²) in [4.78, 5) is 0. The van der Waals surface area contributed by atoms with Crippen molar-refractivity contribution < 1.29 is 0 Å². The highest BCUT2D eigenvalue weighted by Crippen LogP contribution is 2.39. The molecule has 1 aliphatic carbocycles. The maximum Gasteiger partial charge on any atom is 0.0831 e. The Morgan fingerprint density at radius 3 is 2.60 bits per heavy atom. The van der Waals surface area contributed by atoms with Crippen molar-refractivity contribution in [3.8, 4) is 6.07 Å². The molecular weight excluding hydrogens is 182 g/mol. The first kappa shape index (κ1) is 9.73. The van der Waals surface area contributed by atoms with Crippen LogP contribution in [-0.4, -0.2) is 0 Å². The Bertz CT molecular complexity index is 436. The van der Waals surface area contributed by atoms with Crippen LogP contribution in [0.5, 0.6) is 0 Å². The molecule has 2 atom stereocenters. The SMILES string of the molecule is CC1(C#N)C=CC=CC1c1ccccc1. The number of hydrogen-bond acceptors (Lipinski definition) is 1. The summed E-state index contributed by atoms with van der Waals surface area (Å²) in [5.41, 5.74) is 0.776. The molecule has 2 unspecified atom stereocenters. The normalized spacial score (nSPS) is 28.7. The van der Waals surface area contributed by atoms with Gasteiger partial charge < -0.3 is 0 Å². The standard InChI is InChI=1S/C14H13N/c1-14(11-15)10-6-5-9-13(14)12-7-3-2-4-8-12/h2-10,13H,1H3. The molecule has 74 valence electrons. The molecule has 0 bridgehead atoms. The minimum Gasteiger partial charge on any atom is -0.197 e. The van der Waals surface area contributed by atoms with E-state index in [0.29, 0.717) is 0 Å². The lowest BCUT2D eigenvalue weighted by molar-refractivity contribution is 0.498. The van der Waals surface area contributed by atoms with Gasteiger partial charge in [0, 0.05) is 5.92 Å². The summed E-state index contributed by atoms with van der Waals surface area (Å²) in [6.07, 6.45) is 8.03. The van der Waals surface area contributed by atoms with Crippen molar-refractivity contribution in [1.82, 2.24) is 0 Å². The number of allylic oxidation sites excluding steroid dienone is 4. The van der Waals surface area contributed by atoms with Gasteiger partial charge in [0.1, 0.15) is 0 Å². The summed E-state index contributed by atoms with van der Waals surface area (Å²) < 4.78 is 0. The number of rotatable bonds is 1. The predicted molar refractivity (Wildman–Crippen MR) is 61.2 cm³/mol. The van der Waals surface area contributed by atoms with E-state index in [0.717, 1.165) is 0 Å². The number of benzene rings is 1. The van der Waals surface area contributed by atoms with Crippen LogP contribution in [0, 0.1) is 16.7 Å². The Morgan fingerprint density at radius 1 is 1.20 bits per heavy atom. The van der Waals surface area contributed by atoms with E-state index < -0.39 is 5.41 Å². The average Bonchev–Trinajstić information content (AvgIpc) is 2.31. The Kier molecular flexibility index (Phi) is 2.43. The Hall–Kier alpha value is -1.81. The van der Waals surface area contributed by atoms with Crippen LogP contribution >= 0.6 is 0 Å². The van der Waals surface area contributed by atoms with Gasteiger partial charge in [0.25, 0.3) is 0 Å². The summed E-state index contributed by atoms with van der Waals surface area (Å²) in [5.74, 6) is 0.161. The lowest BCUT2D eigenvalue weighted by Gasteiger charge is -2.28. The van der Waals surface area contributed by atoms with Gasteiger partial charge in [-0.2, -0.15) is 5.26 Å². The van der Waals surface area contributed by atoms with Crippen LogP contribution in [0.2, 0.25) is 0 Å². The quantitative estimate of drug-likeness (QED) is 0.673. The maximum atomic E-state index is 9.25. The number of nitriles is 1. The van der Waals surface area contributed by atoms with Crippen LogP contribution in [0.25, 0.3) is 0 Å². The monoisotopic (exact) mass is 195 g/mol. The molecule has 0 spiro atoms. The molecule has 1 aromatic rings. The third-order valence-corrected chi connectivity index (χ3v) is 2.90. The second kappa shape index (κ2) is 3.74. The first-order chi connectivity index (χ1) is 7.26. The Labute approximate surface area is 90.4 Å². The fourth-order valence-corrected chi connectivity index (χ4v) is 1.96. The number of nitrogens with zero attached hydrogens (tertiary/aromatic N) is 1. The van der Waals surface area contributed by atoms with Gasteiger partial charge in [-0.25, -0.2) is 0 Å². The van der Waals surface area contributed by atoms with Crippen LogP contribution < -0.4 is 0 Å². The van der Waals surface area contributed by atoms with Gasteiger partial charge >= 0.3 is 0 Å². The molecule has 0 saturated heterocycles. The lowest BCUT2D eigenvalue weighted by Crippen LogP contribution is -2.21. The predicted octanol–water partition coefficient (Wildman–Crippen LogP) is 3.43. The molecule has 2 rings (SSSR count). The van der Waals surface area contributed by atoms with E-state index >= 15 is 0 Å². The summed E-state index contributed by atoms with van der Waals surface area (Å²) in [7, 11) is 0. The van der Waals surface area contributed by atoms with Crippen LogP contribution in [-0.2, 0) is 0 Å². The van der Waals surface area contributed by atoms with Gasteiger partial charge in [-0.05, 0) is 12.5 Å². The average molecular weight is 195 g/mol. The zero-order valence-electron chi connectivity index (χ0n) is 8.72. The minimum absolute atomic E-state index is 0.161. The van der Waals surface area contributed by atoms with E-state index in [1.807, 2.05) is 43.4 Å². The van der Waals surface area contributed by atoms with Gasteiger partial charge in [0.2, 0.25) is 0 Å². The fraction of sp³-hybridized carbons (Fsp3) is 0.214. The van der Waals surface area contributed by atoms with Crippen molar-refractivity contribution >= 4 is 0 Å². The van der Waals surface area contributed by atoms with Crippen LogP contribution in [0.15, 0.2) is 54.6 Å². The Balaban J connectivity index is 2.42. The van der Waals surface area contributed by atoms with E-state index in [-0.39, 0.29) is 5.92 Å².